The van der Waals surface area contributed by atoms with Crippen LogP contribution in [0.5, 0.6) is 11.5 Å². The number of amides is 2. The molecule has 28 heavy (non-hydrogen) atoms. The molecule has 1 aliphatic rings. The molecule has 6 heteroatoms. The van der Waals surface area contributed by atoms with E-state index >= 15 is 0 Å². The van der Waals surface area contributed by atoms with E-state index in [1.807, 2.05) is 13.8 Å². The minimum absolute atomic E-state index is 0.0933. The van der Waals surface area contributed by atoms with Gasteiger partial charge in [0.25, 0.3) is 5.91 Å². The van der Waals surface area contributed by atoms with Crippen molar-refractivity contribution >= 4 is 23.2 Å². The Morgan fingerprint density at radius 1 is 1.21 bits per heavy atom. The van der Waals surface area contributed by atoms with E-state index in [9.17, 15) is 9.59 Å². The molecular formula is C22H26N2O4. The summed E-state index contributed by atoms with van der Waals surface area (Å²) in [6.07, 6.45) is 2.08. The van der Waals surface area contributed by atoms with E-state index in [-0.39, 0.29) is 18.4 Å². The number of unbranched alkanes of at least 4 members (excludes halogenated alkanes) is 1. The van der Waals surface area contributed by atoms with Gasteiger partial charge >= 0.3 is 0 Å². The van der Waals surface area contributed by atoms with Gasteiger partial charge in [0, 0.05) is 17.3 Å². The van der Waals surface area contributed by atoms with E-state index in [1.165, 1.54) is 0 Å². The van der Waals surface area contributed by atoms with Crippen LogP contribution >= 0.6 is 0 Å². The molecular weight excluding hydrogens is 356 g/mol. The monoisotopic (exact) mass is 382 g/mol. The van der Waals surface area contributed by atoms with Crippen molar-refractivity contribution in [2.45, 2.75) is 33.6 Å². The number of benzene rings is 2. The van der Waals surface area contributed by atoms with Crippen LogP contribution in [0.25, 0.3) is 0 Å². The number of hydrogen-bond acceptors (Lipinski definition) is 4. The molecule has 0 aromatic heterocycles. The molecule has 2 N–H and O–H groups in total. The fraction of sp³-hybridized carbons (Fsp3) is 0.364. The molecule has 0 fully saturated rings. The molecule has 1 heterocycles. The molecule has 2 amide bonds. The molecule has 0 atom stereocenters. The van der Waals surface area contributed by atoms with Gasteiger partial charge in [-0.3, -0.25) is 9.59 Å². The first-order chi connectivity index (χ1) is 13.4. The fourth-order valence-corrected chi connectivity index (χ4v) is 2.68. The first-order valence-electron chi connectivity index (χ1n) is 9.51. The molecule has 2 aromatic rings. The molecule has 2 aromatic carbocycles. The van der Waals surface area contributed by atoms with E-state index in [1.54, 1.807) is 42.5 Å². The lowest BCUT2D eigenvalue weighted by Gasteiger charge is -2.18. The average Bonchev–Trinajstić information content (AvgIpc) is 2.79. The highest BCUT2D eigenvalue weighted by Gasteiger charge is 2.32. The number of hydrogen-bond donors (Lipinski definition) is 2. The van der Waals surface area contributed by atoms with Crippen LogP contribution in [0.3, 0.4) is 0 Å². The molecule has 0 radical (unpaired) electrons. The zero-order chi connectivity index (χ0) is 20.1. The molecule has 0 saturated heterocycles. The van der Waals surface area contributed by atoms with Crippen molar-refractivity contribution in [1.82, 2.24) is 0 Å². The smallest absolute Gasteiger partial charge is 0.255 e. The number of nitrogens with one attached hydrogen (secondary N) is 2. The van der Waals surface area contributed by atoms with E-state index in [2.05, 4.69) is 17.6 Å². The molecule has 6 nitrogen and oxygen atoms in total. The van der Waals surface area contributed by atoms with Crippen LogP contribution in [0, 0.1) is 5.41 Å². The zero-order valence-electron chi connectivity index (χ0n) is 16.5. The molecule has 148 valence electrons. The van der Waals surface area contributed by atoms with Crippen molar-refractivity contribution in [1.29, 1.82) is 0 Å². The predicted octanol–water partition coefficient (Wildman–Crippen LogP) is 4.47. The van der Waals surface area contributed by atoms with Gasteiger partial charge in [-0.1, -0.05) is 13.3 Å². The lowest BCUT2D eigenvalue weighted by atomic mass is 9.94. The highest BCUT2D eigenvalue weighted by Crippen LogP contribution is 2.34. The van der Waals surface area contributed by atoms with E-state index in [4.69, 9.17) is 9.47 Å². The van der Waals surface area contributed by atoms with Crippen LogP contribution in [-0.2, 0) is 4.79 Å². The van der Waals surface area contributed by atoms with Gasteiger partial charge in [0.2, 0.25) is 5.91 Å². The normalized spacial score (nSPS) is 14.9. The maximum atomic E-state index is 12.5. The van der Waals surface area contributed by atoms with Gasteiger partial charge in [-0.15, -0.1) is 0 Å². The van der Waals surface area contributed by atoms with E-state index < -0.39 is 5.41 Å². The number of rotatable bonds is 6. The van der Waals surface area contributed by atoms with Crippen molar-refractivity contribution in [3.63, 3.8) is 0 Å². The van der Waals surface area contributed by atoms with Gasteiger partial charge < -0.3 is 20.1 Å². The molecule has 1 aliphatic heterocycles. The molecule has 3 rings (SSSR count). The number of fused-ring (bicyclic) bond motifs is 1. The van der Waals surface area contributed by atoms with E-state index in [0.29, 0.717) is 29.3 Å². The number of carbonyl (C=O) groups excluding carboxylic acids is 2. The van der Waals surface area contributed by atoms with Crippen LogP contribution in [0.4, 0.5) is 11.4 Å². The standard InChI is InChI=1S/C22H26N2O4/c1-4-5-12-27-17-9-6-15(7-10-17)20(25)23-16-8-11-18-19(13-16)28-14-22(2,3)21(26)24-18/h6-11,13H,4-5,12,14H2,1-3H3,(H,23,25)(H,24,26). The van der Waals surface area contributed by atoms with Crippen molar-refractivity contribution in [2.75, 3.05) is 23.8 Å². The van der Waals surface area contributed by atoms with Crippen LogP contribution in [0.15, 0.2) is 42.5 Å². The summed E-state index contributed by atoms with van der Waals surface area (Å²) in [5.41, 5.74) is 1.11. The third kappa shape index (κ3) is 4.63. The quantitative estimate of drug-likeness (QED) is 0.723. The van der Waals surface area contributed by atoms with Crippen LogP contribution < -0.4 is 20.1 Å². The van der Waals surface area contributed by atoms with Crippen molar-refractivity contribution in [2.24, 2.45) is 5.41 Å². The lowest BCUT2D eigenvalue weighted by Crippen LogP contribution is -2.33. The Morgan fingerprint density at radius 3 is 2.68 bits per heavy atom. The van der Waals surface area contributed by atoms with E-state index in [0.717, 1.165) is 18.6 Å². The molecule has 0 aliphatic carbocycles. The predicted molar refractivity (Wildman–Crippen MR) is 109 cm³/mol. The Kier molecular flexibility index (Phi) is 5.87. The Morgan fingerprint density at radius 2 is 1.96 bits per heavy atom. The third-order valence-electron chi connectivity index (χ3n) is 4.57. The second-order valence-corrected chi connectivity index (χ2v) is 7.52. The maximum Gasteiger partial charge on any atom is 0.255 e. The topological polar surface area (TPSA) is 76.7 Å². The second kappa shape index (κ2) is 8.33. The SMILES string of the molecule is CCCCOc1ccc(C(=O)Nc2ccc3c(c2)OCC(C)(C)C(=O)N3)cc1. The van der Waals surface area contributed by atoms with Crippen molar-refractivity contribution in [3.8, 4) is 11.5 Å². The first kappa shape index (κ1) is 19.7. The molecule has 0 spiro atoms. The molecule has 0 unspecified atom stereocenters. The van der Waals surface area contributed by atoms with Crippen LogP contribution in [0.1, 0.15) is 44.0 Å². The summed E-state index contributed by atoms with van der Waals surface area (Å²) >= 11 is 0. The molecule has 0 bridgehead atoms. The Balaban J connectivity index is 1.67. The highest BCUT2D eigenvalue weighted by atomic mass is 16.5. The Labute approximate surface area is 165 Å². The summed E-state index contributed by atoms with van der Waals surface area (Å²) in [4.78, 5) is 24.7. The number of anilines is 2. The second-order valence-electron chi connectivity index (χ2n) is 7.52. The maximum absolute atomic E-state index is 12.5. The minimum atomic E-state index is -0.622. The summed E-state index contributed by atoms with van der Waals surface area (Å²) in [5, 5.41) is 5.72. The van der Waals surface area contributed by atoms with Gasteiger partial charge in [-0.05, 0) is 56.7 Å². The summed E-state index contributed by atoms with van der Waals surface area (Å²) in [6, 6.07) is 12.2. The van der Waals surface area contributed by atoms with Gasteiger partial charge in [0.15, 0.2) is 0 Å². The average molecular weight is 382 g/mol. The van der Waals surface area contributed by atoms with Crippen molar-refractivity contribution < 1.29 is 19.1 Å². The largest absolute Gasteiger partial charge is 0.494 e. The lowest BCUT2D eigenvalue weighted by molar-refractivity contribution is -0.124. The summed E-state index contributed by atoms with van der Waals surface area (Å²) in [5.74, 6) is 0.973. The minimum Gasteiger partial charge on any atom is -0.494 e. The fourth-order valence-electron chi connectivity index (χ4n) is 2.68. The van der Waals surface area contributed by atoms with Crippen molar-refractivity contribution in [3.05, 3.63) is 48.0 Å². The molecule has 0 saturated carbocycles. The summed E-state index contributed by atoms with van der Waals surface area (Å²) < 4.78 is 11.4. The van der Waals surface area contributed by atoms with Gasteiger partial charge in [-0.2, -0.15) is 0 Å². The number of ether oxygens (including phenoxy) is 2. The highest BCUT2D eigenvalue weighted by molar-refractivity contribution is 6.05. The number of carbonyl (C=O) groups is 2. The Hall–Kier alpha value is -3.02. The zero-order valence-corrected chi connectivity index (χ0v) is 16.5. The summed E-state index contributed by atoms with van der Waals surface area (Å²) in [7, 11) is 0. The van der Waals surface area contributed by atoms with Gasteiger partial charge in [0.05, 0.1) is 17.7 Å². The first-order valence-corrected chi connectivity index (χ1v) is 9.51. The summed E-state index contributed by atoms with van der Waals surface area (Å²) in [6.45, 7) is 6.70. The van der Waals surface area contributed by atoms with Gasteiger partial charge in [0.1, 0.15) is 18.1 Å². The van der Waals surface area contributed by atoms with Crippen LogP contribution in [-0.4, -0.2) is 25.0 Å². The van der Waals surface area contributed by atoms with Gasteiger partial charge in [-0.25, -0.2) is 0 Å². The third-order valence-corrected chi connectivity index (χ3v) is 4.57. The Bertz CT molecular complexity index is 859. The van der Waals surface area contributed by atoms with Crippen LogP contribution in [0.2, 0.25) is 0 Å².